The molecule has 1 aromatic carbocycles. The second-order valence-electron chi connectivity index (χ2n) is 7.59. The molecule has 1 fully saturated rings. The van der Waals surface area contributed by atoms with E-state index in [0.717, 1.165) is 36.3 Å². The van der Waals surface area contributed by atoms with Crippen LogP contribution >= 0.6 is 0 Å². The van der Waals surface area contributed by atoms with Gasteiger partial charge in [-0.25, -0.2) is 0 Å². The van der Waals surface area contributed by atoms with E-state index in [9.17, 15) is 4.79 Å². The molecule has 1 aliphatic rings. The molecule has 0 saturated carbocycles. The third kappa shape index (κ3) is 3.63. The van der Waals surface area contributed by atoms with Crippen LogP contribution in [0.5, 0.6) is 0 Å². The fourth-order valence-corrected chi connectivity index (χ4v) is 3.72. The van der Waals surface area contributed by atoms with E-state index in [0.29, 0.717) is 11.5 Å². The van der Waals surface area contributed by atoms with Crippen LogP contribution < -0.4 is 4.90 Å². The van der Waals surface area contributed by atoms with Crippen molar-refractivity contribution in [1.82, 2.24) is 19.7 Å². The van der Waals surface area contributed by atoms with Crippen LogP contribution in [0.2, 0.25) is 0 Å². The quantitative estimate of drug-likeness (QED) is 0.703. The molecule has 6 heteroatoms. The van der Waals surface area contributed by atoms with Crippen LogP contribution in [0.15, 0.2) is 55.1 Å². The monoisotopic (exact) mass is 375 g/mol. The first-order chi connectivity index (χ1) is 13.5. The van der Waals surface area contributed by atoms with Gasteiger partial charge in [-0.05, 0) is 35.7 Å². The van der Waals surface area contributed by atoms with E-state index in [1.807, 2.05) is 55.4 Å². The number of rotatable bonds is 4. The number of anilines is 1. The second kappa shape index (κ2) is 7.46. The summed E-state index contributed by atoms with van der Waals surface area (Å²) in [5.74, 6) is 0.401. The second-order valence-corrected chi connectivity index (χ2v) is 7.59. The van der Waals surface area contributed by atoms with E-state index in [1.165, 1.54) is 5.56 Å². The molecule has 0 radical (unpaired) electrons. The summed E-state index contributed by atoms with van der Waals surface area (Å²) in [5.41, 5.74) is 5.00. The molecule has 0 spiro atoms. The maximum absolute atomic E-state index is 13.0. The summed E-state index contributed by atoms with van der Waals surface area (Å²) >= 11 is 0. The van der Waals surface area contributed by atoms with Gasteiger partial charge < -0.3 is 9.80 Å². The molecule has 1 atom stereocenters. The molecule has 1 aliphatic heterocycles. The summed E-state index contributed by atoms with van der Waals surface area (Å²) in [6, 6.07) is 10.2. The van der Waals surface area contributed by atoms with Crippen molar-refractivity contribution in [1.29, 1.82) is 0 Å². The zero-order valence-electron chi connectivity index (χ0n) is 16.5. The normalized spacial score (nSPS) is 16.4. The van der Waals surface area contributed by atoms with Gasteiger partial charge >= 0.3 is 0 Å². The molecular weight excluding hydrogens is 350 g/mol. The van der Waals surface area contributed by atoms with Gasteiger partial charge in [0, 0.05) is 70.0 Å². The largest absolute Gasteiger partial charge is 0.378 e. The molecule has 6 nitrogen and oxygen atoms in total. The predicted molar refractivity (Wildman–Crippen MR) is 110 cm³/mol. The fraction of sp³-hybridized carbons (Fsp3) is 0.318. The van der Waals surface area contributed by atoms with Gasteiger partial charge in [0.15, 0.2) is 0 Å². The van der Waals surface area contributed by atoms with E-state index >= 15 is 0 Å². The maximum Gasteiger partial charge on any atom is 0.255 e. The van der Waals surface area contributed by atoms with Crippen LogP contribution in [0.4, 0.5) is 5.69 Å². The Hall–Kier alpha value is -3.15. The van der Waals surface area contributed by atoms with E-state index < -0.39 is 0 Å². The number of hydrogen-bond acceptors (Lipinski definition) is 4. The molecule has 0 aliphatic carbocycles. The van der Waals surface area contributed by atoms with E-state index in [4.69, 9.17) is 0 Å². The summed E-state index contributed by atoms with van der Waals surface area (Å²) in [4.78, 5) is 21.3. The van der Waals surface area contributed by atoms with Crippen LogP contribution in [0.1, 0.15) is 28.3 Å². The lowest BCUT2D eigenvalue weighted by atomic mass is 10.0. The number of pyridine rings is 1. The lowest BCUT2D eigenvalue weighted by Crippen LogP contribution is -2.28. The Morgan fingerprint density at radius 3 is 2.57 bits per heavy atom. The van der Waals surface area contributed by atoms with Crippen molar-refractivity contribution in [2.24, 2.45) is 7.05 Å². The van der Waals surface area contributed by atoms with Gasteiger partial charge in [-0.15, -0.1) is 0 Å². The molecule has 2 aromatic heterocycles. The molecule has 1 amide bonds. The van der Waals surface area contributed by atoms with Crippen molar-refractivity contribution in [2.75, 3.05) is 32.1 Å². The summed E-state index contributed by atoms with van der Waals surface area (Å²) < 4.78 is 1.81. The maximum atomic E-state index is 13.0. The zero-order valence-corrected chi connectivity index (χ0v) is 16.5. The molecule has 0 bridgehead atoms. The lowest BCUT2D eigenvalue weighted by molar-refractivity contribution is 0.0790. The van der Waals surface area contributed by atoms with Gasteiger partial charge in [-0.2, -0.15) is 5.10 Å². The van der Waals surface area contributed by atoms with Crippen LogP contribution in [-0.2, 0) is 7.05 Å². The van der Waals surface area contributed by atoms with E-state index in [2.05, 4.69) is 39.2 Å². The van der Waals surface area contributed by atoms with Crippen molar-refractivity contribution in [2.45, 2.75) is 12.3 Å². The molecule has 28 heavy (non-hydrogen) atoms. The highest BCUT2D eigenvalue weighted by atomic mass is 16.2. The Bertz CT molecular complexity index is 977. The molecule has 3 aromatic rings. The van der Waals surface area contributed by atoms with Gasteiger partial charge in [0.2, 0.25) is 0 Å². The molecular formula is C22H25N5O. The number of aromatic nitrogens is 3. The molecule has 144 valence electrons. The SMILES string of the molecule is CN(C)c1ccc(-c2cncc(C(=O)N3CC[C@@H](c4cnn(C)c4)C3)c2)cc1. The molecule has 0 N–H and O–H groups in total. The Morgan fingerprint density at radius 1 is 1.11 bits per heavy atom. The number of amides is 1. The Balaban J connectivity index is 1.50. The number of carbonyl (C=O) groups excluding carboxylic acids is 1. The fourth-order valence-electron chi connectivity index (χ4n) is 3.72. The van der Waals surface area contributed by atoms with Gasteiger partial charge in [-0.3, -0.25) is 14.5 Å². The molecule has 1 saturated heterocycles. The highest BCUT2D eigenvalue weighted by Crippen LogP contribution is 2.28. The first-order valence-corrected chi connectivity index (χ1v) is 9.52. The number of nitrogens with zero attached hydrogens (tertiary/aromatic N) is 5. The first kappa shape index (κ1) is 18.2. The van der Waals surface area contributed by atoms with Crippen molar-refractivity contribution in [3.63, 3.8) is 0 Å². The minimum atomic E-state index is 0.0469. The Kier molecular flexibility index (Phi) is 4.86. The zero-order chi connectivity index (χ0) is 19.7. The topological polar surface area (TPSA) is 54.3 Å². The minimum absolute atomic E-state index is 0.0469. The highest BCUT2D eigenvalue weighted by Gasteiger charge is 2.29. The highest BCUT2D eigenvalue weighted by molar-refractivity contribution is 5.95. The van der Waals surface area contributed by atoms with Crippen LogP contribution in [0.3, 0.4) is 0 Å². The summed E-state index contributed by atoms with van der Waals surface area (Å²) in [7, 11) is 5.96. The van der Waals surface area contributed by atoms with E-state index in [1.54, 1.807) is 6.20 Å². The smallest absolute Gasteiger partial charge is 0.255 e. The number of likely N-dealkylation sites (tertiary alicyclic amines) is 1. The van der Waals surface area contributed by atoms with Gasteiger partial charge in [0.05, 0.1) is 11.8 Å². The lowest BCUT2D eigenvalue weighted by Gasteiger charge is -2.17. The van der Waals surface area contributed by atoms with Gasteiger partial charge in [-0.1, -0.05) is 12.1 Å². The average Bonchev–Trinajstić information content (AvgIpc) is 3.37. The summed E-state index contributed by atoms with van der Waals surface area (Å²) in [6.07, 6.45) is 8.38. The number of hydrogen-bond donors (Lipinski definition) is 0. The summed E-state index contributed by atoms with van der Waals surface area (Å²) in [6.45, 7) is 1.49. The van der Waals surface area contributed by atoms with Gasteiger partial charge in [0.25, 0.3) is 5.91 Å². The van der Waals surface area contributed by atoms with Crippen molar-refractivity contribution >= 4 is 11.6 Å². The molecule has 4 rings (SSSR count). The summed E-state index contributed by atoms with van der Waals surface area (Å²) in [5, 5.41) is 4.25. The number of carbonyl (C=O) groups is 1. The van der Waals surface area contributed by atoms with Crippen molar-refractivity contribution < 1.29 is 4.79 Å². The van der Waals surface area contributed by atoms with Crippen molar-refractivity contribution in [3.05, 3.63) is 66.2 Å². The average molecular weight is 375 g/mol. The van der Waals surface area contributed by atoms with Crippen LogP contribution in [-0.4, -0.2) is 52.8 Å². The minimum Gasteiger partial charge on any atom is -0.378 e. The van der Waals surface area contributed by atoms with E-state index in [-0.39, 0.29) is 5.91 Å². The Morgan fingerprint density at radius 2 is 1.89 bits per heavy atom. The Labute approximate surface area is 165 Å². The van der Waals surface area contributed by atoms with Crippen LogP contribution in [0.25, 0.3) is 11.1 Å². The third-order valence-electron chi connectivity index (χ3n) is 5.37. The molecule has 0 unspecified atom stereocenters. The van der Waals surface area contributed by atoms with Gasteiger partial charge in [0.1, 0.15) is 0 Å². The molecule has 3 heterocycles. The third-order valence-corrected chi connectivity index (χ3v) is 5.37. The predicted octanol–water partition coefficient (Wildman–Crippen LogP) is 3.18. The number of aryl methyl sites for hydroxylation is 1. The standard InChI is InChI=1S/C22H25N5O/c1-25(2)21-6-4-16(5-7-21)18-10-19(12-23-11-18)22(28)27-9-8-17(15-27)20-13-24-26(3)14-20/h4-7,10-14,17H,8-9,15H2,1-3H3/t17-/m1/s1. The van der Waals surface area contributed by atoms with Crippen molar-refractivity contribution in [3.8, 4) is 11.1 Å². The number of benzene rings is 1. The van der Waals surface area contributed by atoms with Crippen LogP contribution in [0, 0.1) is 0 Å². The first-order valence-electron chi connectivity index (χ1n) is 9.52.